The van der Waals surface area contributed by atoms with E-state index in [1.807, 2.05) is 32.0 Å². The summed E-state index contributed by atoms with van der Waals surface area (Å²) < 4.78 is 11.1. The quantitative estimate of drug-likeness (QED) is 0.331. The summed E-state index contributed by atoms with van der Waals surface area (Å²) in [5.74, 6) is -0.604. The number of carbonyl (C=O) groups is 2. The molecule has 150 valence electrons. The predicted molar refractivity (Wildman–Crippen MR) is 117 cm³/mol. The molecule has 29 heavy (non-hydrogen) atoms. The molecule has 0 radical (unpaired) electrons. The van der Waals surface area contributed by atoms with Gasteiger partial charge in [0.2, 0.25) is 0 Å². The number of benzene rings is 2. The lowest BCUT2D eigenvalue weighted by atomic mass is 10.1. The second-order valence-electron chi connectivity index (χ2n) is 6.05. The molecule has 0 saturated carbocycles. The van der Waals surface area contributed by atoms with Crippen LogP contribution >= 0.6 is 31.9 Å². The Labute approximate surface area is 185 Å². The minimum absolute atomic E-state index is 0.0482. The molecule has 1 amide bonds. The number of carbonyl (C=O) groups excluding carboxylic acids is 2. The normalized spacial score (nSPS) is 10.8. The molecule has 2 aromatic carbocycles. The van der Waals surface area contributed by atoms with Gasteiger partial charge in [-0.25, -0.2) is 4.79 Å². The number of aryl methyl sites for hydroxylation is 1. The molecule has 1 N–H and O–H groups in total. The maximum atomic E-state index is 12.6. The number of hydrogen-bond acceptors (Lipinski definition) is 5. The number of nitrogens with zero attached hydrogens (tertiary/aromatic N) is 1. The van der Waals surface area contributed by atoms with Gasteiger partial charge >= 0.3 is 5.97 Å². The maximum absolute atomic E-state index is 12.6. The minimum atomic E-state index is -0.511. The first-order valence-corrected chi connectivity index (χ1v) is 10.0. The van der Waals surface area contributed by atoms with Crippen LogP contribution in [0.1, 0.15) is 16.7 Å². The van der Waals surface area contributed by atoms with Crippen molar-refractivity contribution in [3.8, 4) is 11.8 Å². The second-order valence-corrected chi connectivity index (χ2v) is 7.76. The summed E-state index contributed by atoms with van der Waals surface area (Å²) >= 11 is 6.74. The van der Waals surface area contributed by atoms with Crippen LogP contribution in [0.3, 0.4) is 0 Å². The van der Waals surface area contributed by atoms with Crippen LogP contribution in [0.15, 0.2) is 44.9 Å². The molecule has 0 heterocycles. The van der Waals surface area contributed by atoms with E-state index in [0.717, 1.165) is 11.1 Å². The highest BCUT2D eigenvalue weighted by atomic mass is 79.9. The number of anilines is 1. The third-order valence-corrected chi connectivity index (χ3v) is 5.29. The fourth-order valence-corrected chi connectivity index (χ4v) is 3.83. The first kappa shape index (κ1) is 22.7. The van der Waals surface area contributed by atoms with E-state index in [-0.39, 0.29) is 12.2 Å². The van der Waals surface area contributed by atoms with Gasteiger partial charge in [-0.3, -0.25) is 4.79 Å². The molecule has 0 unspecified atom stereocenters. The van der Waals surface area contributed by atoms with Crippen molar-refractivity contribution in [1.82, 2.24) is 0 Å². The van der Waals surface area contributed by atoms with Gasteiger partial charge in [0.1, 0.15) is 17.4 Å². The maximum Gasteiger partial charge on any atom is 0.343 e. The lowest BCUT2D eigenvalue weighted by Gasteiger charge is -2.11. The highest BCUT2D eigenvalue weighted by Gasteiger charge is 2.14. The molecule has 8 heteroatoms. The zero-order valence-corrected chi connectivity index (χ0v) is 19.2. The highest BCUT2D eigenvalue weighted by Crippen LogP contribution is 2.35. The molecule has 0 bridgehead atoms. The molecule has 0 spiro atoms. The largest absolute Gasteiger partial charge is 0.480 e. The molecular weight excluding hydrogens is 504 g/mol. The number of nitriles is 1. The molecule has 0 atom stereocenters. The Hall–Kier alpha value is -2.63. The van der Waals surface area contributed by atoms with E-state index in [9.17, 15) is 14.9 Å². The van der Waals surface area contributed by atoms with Gasteiger partial charge < -0.3 is 14.8 Å². The van der Waals surface area contributed by atoms with Crippen molar-refractivity contribution in [2.24, 2.45) is 0 Å². The SMILES string of the molecule is COC(=O)COc1c(Br)cc(/C=C(\C#N)C(=O)Nc2cccc(C)c2C)cc1Br. The number of esters is 1. The molecular formula is C21H18Br2N2O4. The van der Waals surface area contributed by atoms with E-state index in [4.69, 9.17) is 4.74 Å². The molecule has 0 fully saturated rings. The predicted octanol–water partition coefficient (Wildman–Crippen LogP) is 4.93. The Morgan fingerprint density at radius 2 is 1.86 bits per heavy atom. The average molecular weight is 522 g/mol. The number of methoxy groups -OCH3 is 1. The molecule has 0 aromatic heterocycles. The zero-order chi connectivity index (χ0) is 21.6. The van der Waals surface area contributed by atoms with E-state index in [1.165, 1.54) is 13.2 Å². The number of nitrogens with one attached hydrogen (secondary N) is 1. The van der Waals surface area contributed by atoms with Crippen LogP contribution < -0.4 is 10.1 Å². The number of halogens is 2. The molecule has 2 rings (SSSR count). The monoisotopic (exact) mass is 520 g/mol. The topological polar surface area (TPSA) is 88.4 Å². The van der Waals surface area contributed by atoms with Crippen molar-refractivity contribution in [2.45, 2.75) is 13.8 Å². The van der Waals surface area contributed by atoms with E-state index in [0.29, 0.717) is 25.9 Å². The summed E-state index contributed by atoms with van der Waals surface area (Å²) in [6.45, 7) is 3.61. The Morgan fingerprint density at radius 3 is 2.45 bits per heavy atom. The summed E-state index contributed by atoms with van der Waals surface area (Å²) in [5.41, 5.74) is 3.19. The van der Waals surface area contributed by atoms with Crippen LogP contribution in [-0.4, -0.2) is 25.6 Å². The van der Waals surface area contributed by atoms with E-state index in [2.05, 4.69) is 41.9 Å². The van der Waals surface area contributed by atoms with Crippen LogP contribution in [0.5, 0.6) is 5.75 Å². The molecule has 0 aliphatic carbocycles. The summed E-state index contributed by atoms with van der Waals surface area (Å²) in [6, 6.07) is 10.9. The van der Waals surface area contributed by atoms with Crippen molar-refractivity contribution in [1.29, 1.82) is 5.26 Å². The zero-order valence-electron chi connectivity index (χ0n) is 16.0. The van der Waals surface area contributed by atoms with Crippen molar-refractivity contribution in [3.63, 3.8) is 0 Å². The van der Waals surface area contributed by atoms with Gasteiger partial charge in [-0.15, -0.1) is 0 Å². The van der Waals surface area contributed by atoms with Crippen LogP contribution in [0, 0.1) is 25.2 Å². The number of ether oxygens (including phenoxy) is 2. The van der Waals surface area contributed by atoms with E-state index in [1.54, 1.807) is 18.2 Å². The average Bonchev–Trinajstić information content (AvgIpc) is 2.68. The van der Waals surface area contributed by atoms with Crippen molar-refractivity contribution in [2.75, 3.05) is 19.0 Å². The number of rotatable bonds is 6. The van der Waals surface area contributed by atoms with Gasteiger partial charge in [-0.2, -0.15) is 5.26 Å². The highest BCUT2D eigenvalue weighted by molar-refractivity contribution is 9.11. The van der Waals surface area contributed by atoms with E-state index < -0.39 is 11.9 Å². The standard InChI is InChI=1S/C21H18Br2N2O4/c1-12-5-4-6-18(13(12)2)25-21(27)15(10-24)7-14-8-16(22)20(17(23)9-14)29-11-19(26)28-3/h4-9H,11H2,1-3H3,(H,25,27)/b15-7+. The lowest BCUT2D eigenvalue weighted by molar-refractivity contribution is -0.142. The summed E-state index contributed by atoms with van der Waals surface area (Å²) in [4.78, 5) is 23.8. The van der Waals surface area contributed by atoms with Gasteiger partial charge in [-0.1, -0.05) is 12.1 Å². The Morgan fingerprint density at radius 1 is 1.21 bits per heavy atom. The third kappa shape index (κ3) is 5.92. The Bertz CT molecular complexity index is 1000. The smallest absolute Gasteiger partial charge is 0.343 e. The molecule has 2 aromatic rings. The van der Waals surface area contributed by atoms with Crippen molar-refractivity contribution < 1.29 is 19.1 Å². The summed E-state index contributed by atoms with van der Waals surface area (Å²) in [5, 5.41) is 12.2. The molecule has 0 aliphatic heterocycles. The van der Waals surface area contributed by atoms with Crippen LogP contribution in [0.25, 0.3) is 6.08 Å². The third-order valence-electron chi connectivity index (χ3n) is 4.11. The Balaban J connectivity index is 2.26. The van der Waals surface area contributed by atoms with E-state index >= 15 is 0 Å². The molecule has 6 nitrogen and oxygen atoms in total. The Kier molecular flexibility index (Phi) is 8.00. The molecule has 0 saturated heterocycles. The number of hydrogen-bond donors (Lipinski definition) is 1. The van der Waals surface area contributed by atoms with Gasteiger partial charge in [-0.05, 0) is 86.7 Å². The van der Waals surface area contributed by atoms with Gasteiger partial charge in [0, 0.05) is 5.69 Å². The van der Waals surface area contributed by atoms with Crippen LogP contribution in [0.4, 0.5) is 5.69 Å². The van der Waals surface area contributed by atoms with Crippen molar-refractivity contribution in [3.05, 3.63) is 61.5 Å². The summed E-state index contributed by atoms with van der Waals surface area (Å²) in [6.07, 6.45) is 1.47. The van der Waals surface area contributed by atoms with Gasteiger partial charge in [0.15, 0.2) is 6.61 Å². The number of amides is 1. The summed E-state index contributed by atoms with van der Waals surface area (Å²) in [7, 11) is 1.27. The van der Waals surface area contributed by atoms with Crippen molar-refractivity contribution >= 4 is 55.5 Å². The lowest BCUT2D eigenvalue weighted by Crippen LogP contribution is -2.14. The first-order chi connectivity index (χ1) is 13.8. The van der Waals surface area contributed by atoms with Gasteiger partial charge in [0.05, 0.1) is 16.1 Å². The fourth-order valence-electron chi connectivity index (χ4n) is 2.38. The first-order valence-electron chi connectivity index (χ1n) is 8.44. The second kappa shape index (κ2) is 10.2. The van der Waals surface area contributed by atoms with Crippen LogP contribution in [-0.2, 0) is 14.3 Å². The minimum Gasteiger partial charge on any atom is -0.480 e. The van der Waals surface area contributed by atoms with Crippen LogP contribution in [0.2, 0.25) is 0 Å². The molecule has 0 aliphatic rings. The fraction of sp³-hybridized carbons (Fsp3) is 0.190. The van der Waals surface area contributed by atoms with Gasteiger partial charge in [0.25, 0.3) is 5.91 Å².